The van der Waals surface area contributed by atoms with Gasteiger partial charge in [-0.05, 0) is 71.3 Å². The van der Waals surface area contributed by atoms with Crippen LogP contribution in [0.2, 0.25) is 0 Å². The lowest BCUT2D eigenvalue weighted by Crippen LogP contribution is -2.61. The molecule has 89 heavy (non-hydrogen) atoms. The third-order valence-corrected chi connectivity index (χ3v) is 17.1. The molecule has 0 radical (unpaired) electrons. The number of aryl methyl sites for hydroxylation is 2. The van der Waals surface area contributed by atoms with E-state index >= 15 is 9.59 Å². The highest BCUT2D eigenvalue weighted by atomic mass is 32.2. The van der Waals surface area contributed by atoms with Gasteiger partial charge in [-0.1, -0.05) is 111 Å². The second kappa shape index (κ2) is 29.9. The first-order valence-electron chi connectivity index (χ1n) is 29.6. The molecule has 0 aliphatic carbocycles. The van der Waals surface area contributed by atoms with Gasteiger partial charge in [0.05, 0.1) is 5.75 Å². The molecular weight excluding hydrogens is 1150 g/mol. The van der Waals surface area contributed by atoms with Crippen molar-refractivity contribution in [2.45, 2.75) is 108 Å². The average molecular weight is 1230 g/mol. The molecule has 10 N–H and O–H groups in total. The zero-order chi connectivity index (χ0) is 64.1. The maximum absolute atomic E-state index is 15.6. The quantitative estimate of drug-likeness (QED) is 0.0827. The highest BCUT2D eigenvalue weighted by molar-refractivity contribution is 8.00. The number of fused-ring (bicyclic) bond motifs is 2. The zero-order valence-electron chi connectivity index (χ0n) is 51.1. The molecule has 3 aromatic heterocycles. The van der Waals surface area contributed by atoms with Crippen molar-refractivity contribution in [3.63, 3.8) is 0 Å². The van der Waals surface area contributed by atoms with Gasteiger partial charge in [-0.3, -0.25) is 43.2 Å². The van der Waals surface area contributed by atoms with E-state index < -0.39 is 101 Å². The molecule has 1 fully saturated rings. The average Bonchev–Trinajstić information content (AvgIpc) is 2.27. The molecule has 0 bridgehead atoms. The fourth-order valence-electron chi connectivity index (χ4n) is 11.2. The summed E-state index contributed by atoms with van der Waals surface area (Å²) in [5.74, 6) is -7.20. The summed E-state index contributed by atoms with van der Waals surface area (Å²) in [5.41, 5.74) is 17.0. The molecule has 22 nitrogen and oxygen atoms in total. The van der Waals surface area contributed by atoms with E-state index in [1.807, 2.05) is 104 Å². The summed E-state index contributed by atoms with van der Waals surface area (Å²) in [6, 6.07) is 25.6. The van der Waals surface area contributed by atoms with Crippen molar-refractivity contribution in [2.75, 3.05) is 31.3 Å². The van der Waals surface area contributed by atoms with Gasteiger partial charge in [0.25, 0.3) is 0 Å². The Hall–Kier alpha value is -9.51. The van der Waals surface area contributed by atoms with Crippen molar-refractivity contribution in [1.82, 2.24) is 55.8 Å². The van der Waals surface area contributed by atoms with Gasteiger partial charge in [0.2, 0.25) is 53.2 Å². The van der Waals surface area contributed by atoms with Crippen LogP contribution in [0.4, 0.5) is 5.82 Å². The third kappa shape index (κ3) is 17.0. The number of amides is 9. The molecule has 4 aromatic carbocycles. The first-order valence-corrected chi connectivity index (χ1v) is 30.8. The van der Waals surface area contributed by atoms with Crippen molar-refractivity contribution >= 4 is 92.6 Å². The van der Waals surface area contributed by atoms with E-state index in [0.29, 0.717) is 27.8 Å². The number of para-hydroxylation sites is 2. The van der Waals surface area contributed by atoms with Crippen LogP contribution in [0.25, 0.3) is 21.8 Å². The highest BCUT2D eigenvalue weighted by Crippen LogP contribution is 2.25. The number of hydrogen-bond acceptors (Lipinski definition) is 12. The molecule has 1 aliphatic heterocycles. The minimum Gasteiger partial charge on any atom is -0.384 e. The van der Waals surface area contributed by atoms with Crippen LogP contribution in [0, 0.1) is 5.92 Å². The van der Waals surface area contributed by atoms with Gasteiger partial charge in [0.1, 0.15) is 54.2 Å². The fraction of sp³-hybridized carbons (Fsp3) is 0.364. The second-order valence-electron chi connectivity index (χ2n) is 23.2. The minimum atomic E-state index is -1.38. The van der Waals surface area contributed by atoms with Crippen LogP contribution in [-0.4, -0.2) is 151 Å². The minimum absolute atomic E-state index is 0.0149. The Morgan fingerprint density at radius 3 is 1.60 bits per heavy atom. The van der Waals surface area contributed by atoms with Gasteiger partial charge in [-0.15, -0.1) is 11.8 Å². The van der Waals surface area contributed by atoms with Crippen LogP contribution < -0.4 is 43.4 Å². The molecular formula is C66H79N13O9S. The SMILES string of the molecule is CC(C)C[C@@H]1NC(=O)[C@H](Cc2ccnc(N)c2)NC(=O)[C@H](Cc2ccccc2)NC(=O)CSC[C@@H](C(N)=O)NC(=O)[C@H](Cc2cn(C)c3ccccc23)NC(=O)[C@H](Cc2ccccc2)N(C)C(=O)[C@H](Cc2cn(C)c3ccccc23)NC(=O)[C@H](C)N(C)C1=O. The molecule has 0 unspecified atom stereocenters. The number of benzene rings is 4. The van der Waals surface area contributed by atoms with Gasteiger partial charge in [-0.2, -0.15) is 0 Å². The van der Waals surface area contributed by atoms with Crippen molar-refractivity contribution < 1.29 is 43.2 Å². The van der Waals surface area contributed by atoms with Gasteiger partial charge >= 0.3 is 0 Å². The maximum atomic E-state index is 15.6. The Labute approximate surface area is 521 Å². The van der Waals surface area contributed by atoms with Crippen LogP contribution in [-0.2, 0) is 89.4 Å². The van der Waals surface area contributed by atoms with Crippen LogP contribution in [0.3, 0.4) is 0 Å². The molecule has 8 atom stereocenters. The van der Waals surface area contributed by atoms with Crippen molar-refractivity contribution in [3.05, 3.63) is 168 Å². The van der Waals surface area contributed by atoms with E-state index in [0.717, 1.165) is 33.6 Å². The molecule has 0 saturated carbocycles. The summed E-state index contributed by atoms with van der Waals surface area (Å²) >= 11 is 0.956. The second-order valence-corrected chi connectivity index (χ2v) is 24.2. The van der Waals surface area contributed by atoms with E-state index in [4.69, 9.17) is 11.5 Å². The Bertz CT molecular complexity index is 3710. The molecule has 468 valence electrons. The van der Waals surface area contributed by atoms with Crippen LogP contribution in [0.5, 0.6) is 0 Å². The summed E-state index contributed by atoms with van der Waals surface area (Å²) in [6.07, 6.45) is 4.93. The third-order valence-electron chi connectivity index (χ3n) is 16.1. The van der Waals surface area contributed by atoms with Crippen LogP contribution in [0.15, 0.2) is 140 Å². The number of likely N-dealkylation sites (N-methyl/N-ethyl adjacent to an activating group) is 2. The van der Waals surface area contributed by atoms with Crippen LogP contribution in [0.1, 0.15) is 55.0 Å². The Balaban J connectivity index is 1.21. The zero-order valence-corrected chi connectivity index (χ0v) is 51.9. The van der Waals surface area contributed by atoms with E-state index in [1.54, 1.807) is 66.7 Å². The monoisotopic (exact) mass is 1230 g/mol. The molecule has 0 spiro atoms. The summed E-state index contributed by atoms with van der Waals surface area (Å²) in [6.45, 7) is 5.22. The van der Waals surface area contributed by atoms with E-state index in [-0.39, 0.29) is 61.8 Å². The Morgan fingerprint density at radius 1 is 0.551 bits per heavy atom. The summed E-state index contributed by atoms with van der Waals surface area (Å²) in [7, 11) is 6.58. The largest absolute Gasteiger partial charge is 0.384 e. The molecule has 23 heteroatoms. The Kier molecular flexibility index (Phi) is 22.0. The maximum Gasteiger partial charge on any atom is 0.245 e. The predicted octanol–water partition coefficient (Wildman–Crippen LogP) is 3.02. The Morgan fingerprint density at radius 2 is 1.02 bits per heavy atom. The molecule has 7 aromatic rings. The smallest absolute Gasteiger partial charge is 0.245 e. The number of nitrogens with zero attached hydrogens (tertiary/aromatic N) is 5. The normalized spacial score (nSPS) is 22.0. The molecule has 1 aliphatic rings. The van der Waals surface area contributed by atoms with Gasteiger partial charge in [-0.25, -0.2) is 4.98 Å². The number of nitrogen functional groups attached to an aromatic ring is 1. The van der Waals surface area contributed by atoms with Crippen molar-refractivity contribution in [3.8, 4) is 0 Å². The summed E-state index contributed by atoms with van der Waals surface area (Å²) in [4.78, 5) is 139. The number of nitrogens with one attached hydrogen (secondary N) is 6. The molecule has 1 saturated heterocycles. The number of carbonyl (C=O) groups is 9. The number of anilines is 1. The summed E-state index contributed by atoms with van der Waals surface area (Å²) in [5, 5.41) is 18.7. The van der Waals surface area contributed by atoms with Gasteiger partial charge in [0, 0.05) is 106 Å². The van der Waals surface area contributed by atoms with Crippen molar-refractivity contribution in [1.29, 1.82) is 0 Å². The summed E-state index contributed by atoms with van der Waals surface area (Å²) < 4.78 is 3.79. The predicted molar refractivity (Wildman–Crippen MR) is 342 cm³/mol. The van der Waals surface area contributed by atoms with Gasteiger partial charge < -0.3 is 62.3 Å². The first-order chi connectivity index (χ1) is 42.5. The molecule has 8 rings (SSSR count). The number of rotatable bonds is 13. The number of aromatic nitrogens is 3. The number of pyridine rings is 1. The lowest BCUT2D eigenvalue weighted by Gasteiger charge is -2.34. The standard InChI is InChI=1S/C66H79N13O9S/c1-39(2)28-51-65(87)78(6)40(3)60(82)73-52(34-45-36-77(5)55-25-17-15-23-47(45)55)66(88)79(7)56(31-42-20-12-9-13-21-42)64(86)72-50(33-44-35-76(4)54-24-16-14-22-46(44)54)63(85)75-53(59(68)81)37-89-38-58(80)70-48(29-41-18-10-8-11-19-41)61(83)71-49(62(84)74-51)30-43-26-27-69-57(67)32-43/h8-27,32,35-36,39-40,48-53,56H,28-31,33-34,37-38H2,1-7H3,(H2,67,69)(H2,68,81)(H,70,80)(H,71,83)(H,72,86)(H,73,82)(H,74,84)(H,75,85)/t40-,48-,49-,50-,51-,52-,53-,56-/m0/s1. The van der Waals surface area contributed by atoms with E-state index in [1.165, 1.54) is 37.0 Å². The van der Waals surface area contributed by atoms with E-state index in [2.05, 4.69) is 36.9 Å². The highest BCUT2D eigenvalue weighted by Gasteiger charge is 2.39. The number of carbonyl (C=O) groups excluding carboxylic acids is 9. The lowest BCUT2D eigenvalue weighted by atomic mass is 9.99. The topological polar surface area (TPSA) is 307 Å². The first kappa shape index (κ1) is 65.5. The van der Waals surface area contributed by atoms with Gasteiger partial charge in [0.15, 0.2) is 0 Å². The molecule has 4 heterocycles. The number of primary amides is 1. The fourth-order valence-corrected chi connectivity index (χ4v) is 12.0. The van der Waals surface area contributed by atoms with Crippen molar-refractivity contribution in [2.24, 2.45) is 25.7 Å². The number of nitrogens with two attached hydrogens (primary N) is 2. The van der Waals surface area contributed by atoms with E-state index in [9.17, 15) is 33.6 Å². The lowest BCUT2D eigenvalue weighted by molar-refractivity contribution is -0.145. The molecule has 9 amide bonds. The number of hydrogen-bond donors (Lipinski definition) is 8. The van der Waals surface area contributed by atoms with Crippen LogP contribution >= 0.6 is 11.8 Å². The number of thioether (sulfide) groups is 1.